The number of hydrogen-bond donors (Lipinski definition) is 1. The largest absolute Gasteiger partial charge is 0.480 e. The van der Waals surface area contributed by atoms with E-state index in [9.17, 15) is 18.0 Å². The van der Waals surface area contributed by atoms with Crippen LogP contribution in [0.5, 0.6) is 0 Å². The van der Waals surface area contributed by atoms with Gasteiger partial charge in [0.2, 0.25) is 10.0 Å². The predicted octanol–water partition coefficient (Wildman–Crippen LogP) is 1.24. The van der Waals surface area contributed by atoms with E-state index in [1.54, 1.807) is 6.92 Å². The molecule has 0 bridgehead atoms. The summed E-state index contributed by atoms with van der Waals surface area (Å²) in [6.07, 6.45) is 0.869. The highest BCUT2D eigenvalue weighted by Gasteiger charge is 2.38. The molecule has 1 fully saturated rings. The molecule has 1 aromatic carbocycles. The second-order valence-electron chi connectivity index (χ2n) is 5.28. The first-order valence-electron chi connectivity index (χ1n) is 7.33. The van der Waals surface area contributed by atoms with Crippen molar-refractivity contribution in [2.75, 3.05) is 13.2 Å². The van der Waals surface area contributed by atoms with E-state index >= 15 is 0 Å². The molecule has 1 N–H and O–H groups in total. The van der Waals surface area contributed by atoms with Gasteiger partial charge in [-0.15, -0.1) is 0 Å². The SMILES string of the molecule is CCOC(=O)c1ccc(CS(=O)(=O)N2CCCC2C(=O)O)cc1. The molecule has 1 aliphatic heterocycles. The lowest BCUT2D eigenvalue weighted by atomic mass is 10.1. The highest BCUT2D eigenvalue weighted by atomic mass is 32.2. The molecule has 0 aliphatic carbocycles. The molecule has 23 heavy (non-hydrogen) atoms. The Hall–Kier alpha value is -1.93. The number of benzene rings is 1. The van der Waals surface area contributed by atoms with E-state index in [0.717, 1.165) is 4.31 Å². The Kier molecular flexibility index (Phi) is 5.38. The molecule has 1 saturated heterocycles. The maximum absolute atomic E-state index is 12.4. The Bertz CT molecular complexity index is 682. The molecular weight excluding hydrogens is 322 g/mol. The zero-order valence-corrected chi connectivity index (χ0v) is 13.6. The average molecular weight is 341 g/mol. The molecule has 0 amide bonds. The standard InChI is InChI=1S/C15H19NO6S/c1-2-22-15(19)12-7-5-11(6-8-12)10-23(20,21)16-9-3-4-13(16)14(17)18/h5-8,13H,2-4,9-10H2,1H3,(H,17,18). The van der Waals surface area contributed by atoms with E-state index in [4.69, 9.17) is 9.84 Å². The van der Waals surface area contributed by atoms with Gasteiger partial charge in [-0.3, -0.25) is 4.79 Å². The highest BCUT2D eigenvalue weighted by molar-refractivity contribution is 7.88. The lowest BCUT2D eigenvalue weighted by Crippen LogP contribution is -2.40. The molecular formula is C15H19NO6S. The van der Waals surface area contributed by atoms with Crippen molar-refractivity contribution in [1.29, 1.82) is 0 Å². The Labute approximate surface area is 134 Å². The lowest BCUT2D eigenvalue weighted by molar-refractivity contribution is -0.140. The Morgan fingerprint density at radius 2 is 1.96 bits per heavy atom. The molecule has 1 unspecified atom stereocenters. The molecule has 0 aromatic heterocycles. The fourth-order valence-corrected chi connectivity index (χ4v) is 4.34. The van der Waals surface area contributed by atoms with Crippen LogP contribution in [0, 0.1) is 0 Å². The van der Waals surface area contributed by atoms with Crippen LogP contribution >= 0.6 is 0 Å². The first kappa shape index (κ1) is 17.4. The van der Waals surface area contributed by atoms with Crippen LogP contribution in [0.15, 0.2) is 24.3 Å². The lowest BCUT2D eigenvalue weighted by Gasteiger charge is -2.20. The summed E-state index contributed by atoms with van der Waals surface area (Å²) in [5.74, 6) is -1.88. The average Bonchev–Trinajstić information content (AvgIpc) is 2.98. The summed E-state index contributed by atoms with van der Waals surface area (Å²) in [6, 6.07) is 5.09. The van der Waals surface area contributed by atoms with Gasteiger partial charge < -0.3 is 9.84 Å². The van der Waals surface area contributed by atoms with Crippen LogP contribution in [0.1, 0.15) is 35.7 Å². The van der Waals surface area contributed by atoms with Gasteiger partial charge in [-0.25, -0.2) is 13.2 Å². The Balaban J connectivity index is 2.11. The van der Waals surface area contributed by atoms with Crippen molar-refractivity contribution in [2.45, 2.75) is 31.6 Å². The molecule has 0 radical (unpaired) electrons. The number of nitrogens with zero attached hydrogens (tertiary/aromatic N) is 1. The minimum atomic E-state index is -3.71. The summed E-state index contributed by atoms with van der Waals surface area (Å²) in [4.78, 5) is 22.7. The number of carboxylic acid groups (broad SMARTS) is 1. The van der Waals surface area contributed by atoms with E-state index in [0.29, 0.717) is 24.0 Å². The maximum Gasteiger partial charge on any atom is 0.338 e. The molecule has 1 aliphatic rings. The summed E-state index contributed by atoms with van der Waals surface area (Å²) < 4.78 is 30.7. The van der Waals surface area contributed by atoms with E-state index in [-0.39, 0.29) is 18.9 Å². The van der Waals surface area contributed by atoms with E-state index in [2.05, 4.69) is 0 Å². The van der Waals surface area contributed by atoms with Crippen LogP contribution in [0.25, 0.3) is 0 Å². The van der Waals surface area contributed by atoms with Crippen molar-refractivity contribution < 1.29 is 27.9 Å². The number of aliphatic carboxylic acids is 1. The maximum atomic E-state index is 12.4. The first-order chi connectivity index (χ1) is 10.8. The van der Waals surface area contributed by atoms with Crippen LogP contribution < -0.4 is 0 Å². The smallest absolute Gasteiger partial charge is 0.338 e. The van der Waals surface area contributed by atoms with Gasteiger partial charge in [0.15, 0.2) is 0 Å². The van der Waals surface area contributed by atoms with Crippen LogP contribution in [0.3, 0.4) is 0 Å². The molecule has 1 heterocycles. The van der Waals surface area contributed by atoms with Crippen LogP contribution in [-0.4, -0.2) is 49.0 Å². The van der Waals surface area contributed by atoms with Crippen molar-refractivity contribution in [3.63, 3.8) is 0 Å². The zero-order chi connectivity index (χ0) is 17.0. The number of sulfonamides is 1. The van der Waals surface area contributed by atoms with Crippen LogP contribution in [-0.2, 0) is 25.3 Å². The van der Waals surface area contributed by atoms with Crippen molar-refractivity contribution in [3.8, 4) is 0 Å². The Morgan fingerprint density at radius 1 is 1.30 bits per heavy atom. The molecule has 1 atom stereocenters. The van der Waals surface area contributed by atoms with Crippen molar-refractivity contribution >= 4 is 22.0 Å². The molecule has 0 spiro atoms. The summed E-state index contributed by atoms with van der Waals surface area (Å²) >= 11 is 0. The number of carboxylic acids is 1. The minimum absolute atomic E-state index is 0.222. The van der Waals surface area contributed by atoms with Crippen molar-refractivity contribution in [2.24, 2.45) is 0 Å². The first-order valence-corrected chi connectivity index (χ1v) is 8.94. The number of esters is 1. The number of ether oxygens (including phenoxy) is 1. The van der Waals surface area contributed by atoms with E-state index in [1.165, 1.54) is 24.3 Å². The summed E-state index contributed by atoms with van der Waals surface area (Å²) in [7, 11) is -3.71. The predicted molar refractivity (Wildman–Crippen MR) is 82.4 cm³/mol. The van der Waals surface area contributed by atoms with Crippen LogP contribution in [0.2, 0.25) is 0 Å². The fourth-order valence-electron chi connectivity index (χ4n) is 2.56. The highest BCUT2D eigenvalue weighted by Crippen LogP contribution is 2.23. The van der Waals surface area contributed by atoms with Gasteiger partial charge in [-0.05, 0) is 37.5 Å². The van der Waals surface area contributed by atoms with Gasteiger partial charge in [0.05, 0.1) is 17.9 Å². The molecule has 1 aromatic rings. The summed E-state index contributed by atoms with van der Waals surface area (Å²) in [6.45, 7) is 2.19. The monoisotopic (exact) mass is 341 g/mol. The minimum Gasteiger partial charge on any atom is -0.480 e. The number of carbonyl (C=O) groups is 2. The summed E-state index contributed by atoms with van der Waals surface area (Å²) in [5.41, 5.74) is 0.840. The zero-order valence-electron chi connectivity index (χ0n) is 12.8. The fraction of sp³-hybridized carbons (Fsp3) is 0.467. The normalized spacial score (nSPS) is 18.7. The van der Waals surface area contributed by atoms with Gasteiger partial charge >= 0.3 is 11.9 Å². The second kappa shape index (κ2) is 7.10. The molecule has 126 valence electrons. The quantitative estimate of drug-likeness (QED) is 0.781. The van der Waals surface area contributed by atoms with E-state index < -0.39 is 28.0 Å². The third-order valence-corrected chi connectivity index (χ3v) is 5.51. The molecule has 2 rings (SSSR count). The Morgan fingerprint density at radius 3 is 2.52 bits per heavy atom. The number of hydrogen-bond acceptors (Lipinski definition) is 5. The van der Waals surface area contributed by atoms with Crippen LogP contribution in [0.4, 0.5) is 0 Å². The van der Waals surface area contributed by atoms with E-state index in [1.807, 2.05) is 0 Å². The van der Waals surface area contributed by atoms with Gasteiger partial charge in [0.25, 0.3) is 0 Å². The van der Waals surface area contributed by atoms with Gasteiger partial charge in [-0.1, -0.05) is 12.1 Å². The third kappa shape index (κ3) is 4.08. The van der Waals surface area contributed by atoms with Gasteiger partial charge in [-0.2, -0.15) is 4.31 Å². The molecule has 7 nitrogen and oxygen atoms in total. The van der Waals surface area contributed by atoms with Crippen molar-refractivity contribution in [1.82, 2.24) is 4.31 Å². The van der Waals surface area contributed by atoms with Gasteiger partial charge in [0.1, 0.15) is 6.04 Å². The molecule has 8 heteroatoms. The third-order valence-electron chi connectivity index (χ3n) is 3.66. The number of rotatable bonds is 6. The van der Waals surface area contributed by atoms with Crippen molar-refractivity contribution in [3.05, 3.63) is 35.4 Å². The van der Waals surface area contributed by atoms with Gasteiger partial charge in [0, 0.05) is 6.54 Å². The topological polar surface area (TPSA) is 101 Å². The number of carbonyl (C=O) groups excluding carboxylic acids is 1. The molecule has 0 saturated carbocycles. The summed E-state index contributed by atoms with van der Waals surface area (Å²) in [5, 5.41) is 9.10. The second-order valence-corrected chi connectivity index (χ2v) is 7.20.